The first-order valence-electron chi connectivity index (χ1n) is 6.04. The molecule has 0 aliphatic heterocycles. The number of ether oxygens (including phenoxy) is 2. The van der Waals surface area contributed by atoms with Crippen LogP contribution in [0, 0.1) is 0 Å². The van der Waals surface area contributed by atoms with Crippen molar-refractivity contribution in [3.8, 4) is 11.5 Å². The number of methoxy groups -OCH3 is 2. The van der Waals surface area contributed by atoms with Gasteiger partial charge in [0.1, 0.15) is 0 Å². The second kappa shape index (κ2) is 7.30. The molecule has 1 N–H and O–H groups in total. The van der Waals surface area contributed by atoms with Gasteiger partial charge in [-0.1, -0.05) is 23.1 Å². The Labute approximate surface area is 125 Å². The minimum absolute atomic E-state index is 0.654. The van der Waals surface area contributed by atoms with Gasteiger partial charge in [-0.25, -0.2) is 0 Å². The fourth-order valence-corrected chi connectivity index (χ4v) is 3.33. The zero-order valence-electron chi connectivity index (χ0n) is 11.5. The highest BCUT2D eigenvalue weighted by atomic mass is 32.2. The van der Waals surface area contributed by atoms with E-state index in [0.29, 0.717) is 17.3 Å². The summed E-state index contributed by atoms with van der Waals surface area (Å²) in [5.74, 6) is 2.00. The Balaban J connectivity index is 2.06. The minimum atomic E-state index is 0.654. The molecule has 0 aliphatic carbocycles. The normalized spacial score (nSPS) is 10.3. The van der Waals surface area contributed by atoms with Crippen LogP contribution in [0.15, 0.2) is 16.6 Å². The van der Waals surface area contributed by atoms with E-state index in [-0.39, 0.29) is 0 Å². The summed E-state index contributed by atoms with van der Waals surface area (Å²) >= 11 is 3.11. The molecule has 6 nitrogen and oxygen atoms in total. The number of thioether (sulfide) groups is 1. The maximum absolute atomic E-state index is 5.35. The molecule has 0 fully saturated rings. The van der Waals surface area contributed by atoms with Gasteiger partial charge in [0, 0.05) is 24.6 Å². The molecule has 20 heavy (non-hydrogen) atoms. The van der Waals surface area contributed by atoms with E-state index in [2.05, 4.69) is 20.5 Å². The van der Waals surface area contributed by atoms with Crippen molar-refractivity contribution in [2.24, 2.45) is 0 Å². The fourth-order valence-electron chi connectivity index (χ4n) is 1.57. The zero-order valence-corrected chi connectivity index (χ0v) is 13.2. The maximum Gasteiger partial charge on any atom is 0.206 e. The summed E-state index contributed by atoms with van der Waals surface area (Å²) in [6.07, 6.45) is 1.71. The van der Waals surface area contributed by atoms with Crippen molar-refractivity contribution in [3.05, 3.63) is 18.0 Å². The monoisotopic (exact) mass is 312 g/mol. The van der Waals surface area contributed by atoms with E-state index in [1.54, 1.807) is 38.2 Å². The van der Waals surface area contributed by atoms with Gasteiger partial charge in [-0.15, -0.1) is 10.2 Å². The molecule has 2 rings (SSSR count). The molecule has 2 aromatic heterocycles. The summed E-state index contributed by atoms with van der Waals surface area (Å²) in [5, 5.41) is 12.1. The molecule has 0 aromatic carbocycles. The molecule has 0 saturated carbocycles. The van der Waals surface area contributed by atoms with Crippen LogP contribution in [0.2, 0.25) is 0 Å². The van der Waals surface area contributed by atoms with E-state index in [9.17, 15) is 0 Å². The molecule has 0 amide bonds. The maximum atomic E-state index is 5.35. The number of nitrogens with zero attached hydrogens (tertiary/aromatic N) is 3. The van der Waals surface area contributed by atoms with Crippen LogP contribution in [0.25, 0.3) is 0 Å². The zero-order chi connectivity index (χ0) is 14.4. The molecule has 2 heterocycles. The van der Waals surface area contributed by atoms with E-state index in [1.165, 1.54) is 11.3 Å². The van der Waals surface area contributed by atoms with Gasteiger partial charge < -0.3 is 14.8 Å². The lowest BCUT2D eigenvalue weighted by molar-refractivity contribution is 0.350. The van der Waals surface area contributed by atoms with Crippen LogP contribution in [0.3, 0.4) is 0 Å². The molecule has 8 heteroatoms. The number of aromatic nitrogens is 3. The summed E-state index contributed by atoms with van der Waals surface area (Å²) in [4.78, 5) is 4.33. The van der Waals surface area contributed by atoms with Gasteiger partial charge in [-0.2, -0.15) is 0 Å². The van der Waals surface area contributed by atoms with Crippen molar-refractivity contribution >= 4 is 28.2 Å². The predicted octanol–water partition coefficient (Wildman–Crippen LogP) is 2.67. The number of hydrogen-bond acceptors (Lipinski definition) is 8. The Morgan fingerprint density at radius 3 is 2.85 bits per heavy atom. The average Bonchev–Trinajstić information content (AvgIpc) is 2.92. The van der Waals surface area contributed by atoms with Gasteiger partial charge in [0.15, 0.2) is 15.8 Å². The second-order valence-electron chi connectivity index (χ2n) is 3.69. The van der Waals surface area contributed by atoms with E-state index in [4.69, 9.17) is 9.47 Å². The molecule has 0 spiro atoms. The first kappa shape index (κ1) is 14.9. The van der Waals surface area contributed by atoms with Crippen molar-refractivity contribution in [3.63, 3.8) is 0 Å². The van der Waals surface area contributed by atoms with Crippen molar-refractivity contribution in [2.45, 2.75) is 17.0 Å². The molecule has 0 atom stereocenters. The lowest BCUT2D eigenvalue weighted by Gasteiger charge is -2.10. The van der Waals surface area contributed by atoms with E-state index < -0.39 is 0 Å². The van der Waals surface area contributed by atoms with E-state index in [0.717, 1.165) is 21.7 Å². The van der Waals surface area contributed by atoms with Crippen LogP contribution in [0.1, 0.15) is 12.6 Å². The highest BCUT2D eigenvalue weighted by Crippen LogP contribution is 2.34. The summed E-state index contributed by atoms with van der Waals surface area (Å²) in [7, 11) is 3.23. The number of pyridine rings is 1. The fraction of sp³-hybridized carbons (Fsp3) is 0.417. The number of hydrogen-bond donors (Lipinski definition) is 1. The summed E-state index contributed by atoms with van der Waals surface area (Å²) in [5.41, 5.74) is 0.831. The van der Waals surface area contributed by atoms with E-state index in [1.807, 2.05) is 6.92 Å². The van der Waals surface area contributed by atoms with Crippen LogP contribution in [-0.4, -0.2) is 35.9 Å². The van der Waals surface area contributed by atoms with Gasteiger partial charge >= 0.3 is 0 Å². The van der Waals surface area contributed by atoms with E-state index >= 15 is 0 Å². The highest BCUT2D eigenvalue weighted by Gasteiger charge is 2.12. The molecular formula is C12H16N4O2S2. The third-order valence-electron chi connectivity index (χ3n) is 2.43. The third-order valence-corrected chi connectivity index (χ3v) is 4.46. The van der Waals surface area contributed by atoms with Gasteiger partial charge in [-0.05, 0) is 6.92 Å². The Hall–Kier alpha value is -1.54. The summed E-state index contributed by atoms with van der Waals surface area (Å²) in [6, 6.07) is 1.78. The third kappa shape index (κ3) is 3.51. The topological polar surface area (TPSA) is 69.2 Å². The number of rotatable bonds is 7. The molecule has 108 valence electrons. The van der Waals surface area contributed by atoms with Crippen molar-refractivity contribution < 1.29 is 9.47 Å². The second-order valence-corrected chi connectivity index (χ2v) is 5.89. The largest absolute Gasteiger partial charge is 0.493 e. The van der Waals surface area contributed by atoms with Crippen molar-refractivity contribution in [1.82, 2.24) is 15.2 Å². The molecule has 0 unspecified atom stereocenters. The SMILES string of the molecule is CCNc1nnc(SCc2nccc(OC)c2OC)s1. The first-order chi connectivity index (χ1) is 9.78. The lowest BCUT2D eigenvalue weighted by atomic mass is 10.3. The molecular weight excluding hydrogens is 296 g/mol. The highest BCUT2D eigenvalue weighted by molar-refractivity contribution is 8.00. The van der Waals surface area contributed by atoms with Gasteiger partial charge in [0.2, 0.25) is 5.13 Å². The van der Waals surface area contributed by atoms with Gasteiger partial charge in [0.05, 0.1) is 19.9 Å². The Bertz CT molecular complexity index is 562. The van der Waals surface area contributed by atoms with Crippen LogP contribution < -0.4 is 14.8 Å². The smallest absolute Gasteiger partial charge is 0.206 e. The van der Waals surface area contributed by atoms with Crippen molar-refractivity contribution in [1.29, 1.82) is 0 Å². The lowest BCUT2D eigenvalue weighted by Crippen LogP contribution is -1.97. The average molecular weight is 312 g/mol. The summed E-state index contributed by atoms with van der Waals surface area (Å²) < 4.78 is 11.5. The van der Waals surface area contributed by atoms with Crippen LogP contribution in [-0.2, 0) is 5.75 Å². The molecule has 0 aliphatic rings. The predicted molar refractivity (Wildman–Crippen MR) is 81.0 cm³/mol. The van der Waals surface area contributed by atoms with Crippen LogP contribution in [0.4, 0.5) is 5.13 Å². The Morgan fingerprint density at radius 1 is 1.30 bits per heavy atom. The quantitative estimate of drug-likeness (QED) is 0.788. The molecule has 0 radical (unpaired) electrons. The van der Waals surface area contributed by atoms with Crippen LogP contribution in [0.5, 0.6) is 11.5 Å². The minimum Gasteiger partial charge on any atom is -0.493 e. The first-order valence-corrected chi connectivity index (χ1v) is 7.84. The Kier molecular flexibility index (Phi) is 5.42. The van der Waals surface area contributed by atoms with Crippen molar-refractivity contribution in [2.75, 3.05) is 26.1 Å². The number of anilines is 1. The van der Waals surface area contributed by atoms with Crippen LogP contribution >= 0.6 is 23.1 Å². The molecule has 0 bridgehead atoms. The number of nitrogens with one attached hydrogen (secondary N) is 1. The Morgan fingerprint density at radius 2 is 2.15 bits per heavy atom. The van der Waals surface area contributed by atoms with Gasteiger partial charge in [0.25, 0.3) is 0 Å². The molecule has 0 saturated heterocycles. The standard InChI is InChI=1S/C12H16N4O2S2/c1-4-13-11-15-16-12(20-11)19-7-8-10(18-3)9(17-2)5-6-14-8/h5-6H,4,7H2,1-3H3,(H,13,15). The molecule has 2 aromatic rings. The van der Waals surface area contributed by atoms with Gasteiger partial charge in [-0.3, -0.25) is 4.98 Å². The summed E-state index contributed by atoms with van der Waals surface area (Å²) in [6.45, 7) is 2.86.